The number of carbonyl (C=O) groups is 1. The van der Waals surface area contributed by atoms with E-state index in [2.05, 4.69) is 15.3 Å². The number of aromatic carboxylic acids is 1. The van der Waals surface area contributed by atoms with E-state index in [4.69, 9.17) is 16.7 Å². The monoisotopic (exact) mass is 249 g/mol. The van der Waals surface area contributed by atoms with Crippen molar-refractivity contribution in [3.63, 3.8) is 0 Å². The van der Waals surface area contributed by atoms with E-state index in [0.717, 1.165) is 0 Å². The fourth-order valence-electron chi connectivity index (χ4n) is 1.26. The zero-order valence-corrected chi connectivity index (χ0v) is 9.35. The average Bonchev–Trinajstić information content (AvgIpc) is 2.32. The molecule has 0 saturated carbocycles. The molecule has 86 valence electrons. The maximum Gasteiger partial charge on any atom is 0.341 e. The third-order valence-corrected chi connectivity index (χ3v) is 2.30. The van der Waals surface area contributed by atoms with Crippen LogP contribution in [0.15, 0.2) is 36.8 Å². The van der Waals surface area contributed by atoms with Crippen LogP contribution >= 0.6 is 11.6 Å². The highest BCUT2D eigenvalue weighted by Crippen LogP contribution is 2.19. The minimum absolute atomic E-state index is 0.0162. The van der Waals surface area contributed by atoms with Gasteiger partial charge in [0.2, 0.25) is 0 Å². The summed E-state index contributed by atoms with van der Waals surface area (Å²) in [5.41, 5.74) is 0.720. The topological polar surface area (TPSA) is 75.1 Å². The molecule has 17 heavy (non-hydrogen) atoms. The van der Waals surface area contributed by atoms with Gasteiger partial charge in [-0.1, -0.05) is 11.6 Å². The molecule has 0 fully saturated rings. The van der Waals surface area contributed by atoms with Gasteiger partial charge < -0.3 is 10.4 Å². The van der Waals surface area contributed by atoms with Gasteiger partial charge in [-0.3, -0.25) is 0 Å². The van der Waals surface area contributed by atoms with Gasteiger partial charge in [-0.05, 0) is 24.3 Å². The first-order chi connectivity index (χ1) is 8.16. The Hall–Kier alpha value is -2.14. The van der Waals surface area contributed by atoms with Gasteiger partial charge in [0, 0.05) is 16.9 Å². The molecule has 0 bridgehead atoms. The average molecular weight is 250 g/mol. The SMILES string of the molecule is O=C(O)c1cncnc1Nc1ccc(Cl)cc1. The van der Waals surface area contributed by atoms with Gasteiger partial charge in [-0.25, -0.2) is 14.8 Å². The summed E-state index contributed by atoms with van der Waals surface area (Å²) < 4.78 is 0. The third kappa shape index (κ3) is 2.70. The fourth-order valence-corrected chi connectivity index (χ4v) is 1.38. The van der Waals surface area contributed by atoms with Gasteiger partial charge >= 0.3 is 5.97 Å². The standard InChI is InChI=1S/C11H8ClN3O2/c12-7-1-3-8(4-2-7)15-10-9(11(16)17)5-13-6-14-10/h1-6H,(H,16,17)(H,13,14,15). The van der Waals surface area contributed by atoms with Crippen molar-refractivity contribution < 1.29 is 9.90 Å². The summed E-state index contributed by atoms with van der Waals surface area (Å²) in [5.74, 6) is -0.836. The summed E-state index contributed by atoms with van der Waals surface area (Å²) in [4.78, 5) is 18.5. The molecular formula is C11H8ClN3O2. The van der Waals surface area contributed by atoms with Gasteiger partial charge in [0.25, 0.3) is 0 Å². The highest BCUT2D eigenvalue weighted by molar-refractivity contribution is 6.30. The van der Waals surface area contributed by atoms with E-state index < -0.39 is 5.97 Å². The zero-order chi connectivity index (χ0) is 12.3. The van der Waals surface area contributed by atoms with Crippen LogP contribution in [0.1, 0.15) is 10.4 Å². The number of anilines is 2. The van der Waals surface area contributed by atoms with Crippen molar-refractivity contribution in [3.8, 4) is 0 Å². The lowest BCUT2D eigenvalue weighted by Gasteiger charge is -2.07. The number of halogens is 1. The molecular weight excluding hydrogens is 242 g/mol. The van der Waals surface area contributed by atoms with E-state index in [1.807, 2.05) is 0 Å². The predicted molar refractivity (Wildman–Crippen MR) is 63.7 cm³/mol. The summed E-state index contributed by atoms with van der Waals surface area (Å²) in [7, 11) is 0. The Morgan fingerprint density at radius 1 is 1.29 bits per heavy atom. The number of carboxylic acid groups (broad SMARTS) is 1. The van der Waals surface area contributed by atoms with Crippen LogP contribution in [-0.2, 0) is 0 Å². The van der Waals surface area contributed by atoms with Crippen molar-refractivity contribution in [2.24, 2.45) is 0 Å². The molecule has 2 N–H and O–H groups in total. The summed E-state index contributed by atoms with van der Waals surface area (Å²) in [5, 5.41) is 12.4. The van der Waals surface area contributed by atoms with Crippen LogP contribution in [0.3, 0.4) is 0 Å². The van der Waals surface area contributed by atoms with Crippen LogP contribution in [0, 0.1) is 0 Å². The molecule has 2 rings (SSSR count). The van der Waals surface area contributed by atoms with Gasteiger partial charge in [-0.2, -0.15) is 0 Å². The number of hydrogen-bond donors (Lipinski definition) is 2. The van der Waals surface area contributed by atoms with Crippen LogP contribution in [0.5, 0.6) is 0 Å². The van der Waals surface area contributed by atoms with E-state index in [9.17, 15) is 4.79 Å². The molecule has 1 aromatic carbocycles. The molecule has 0 amide bonds. The van der Waals surface area contributed by atoms with Crippen LogP contribution in [0.2, 0.25) is 5.02 Å². The quantitative estimate of drug-likeness (QED) is 0.874. The first-order valence-electron chi connectivity index (χ1n) is 4.72. The maximum absolute atomic E-state index is 10.9. The summed E-state index contributed by atoms with van der Waals surface area (Å²) in [6.45, 7) is 0. The fraction of sp³-hybridized carbons (Fsp3) is 0. The number of nitrogens with one attached hydrogen (secondary N) is 1. The zero-order valence-electron chi connectivity index (χ0n) is 8.59. The van der Waals surface area contributed by atoms with Crippen molar-refractivity contribution >= 4 is 29.1 Å². The highest BCUT2D eigenvalue weighted by Gasteiger charge is 2.11. The van der Waals surface area contributed by atoms with Crippen LogP contribution < -0.4 is 5.32 Å². The normalized spacial score (nSPS) is 9.94. The van der Waals surface area contributed by atoms with Gasteiger partial charge in [0.1, 0.15) is 17.7 Å². The molecule has 1 heterocycles. The van der Waals surface area contributed by atoms with Gasteiger partial charge in [0.15, 0.2) is 0 Å². The van der Waals surface area contributed by atoms with E-state index in [1.165, 1.54) is 12.5 Å². The molecule has 5 nitrogen and oxygen atoms in total. The number of benzene rings is 1. The molecule has 1 aromatic heterocycles. The van der Waals surface area contributed by atoms with E-state index >= 15 is 0 Å². The minimum atomic E-state index is -1.08. The first kappa shape index (κ1) is 11.3. The molecule has 2 aromatic rings. The van der Waals surface area contributed by atoms with Crippen LogP contribution in [0.4, 0.5) is 11.5 Å². The van der Waals surface area contributed by atoms with Crippen molar-refractivity contribution in [2.45, 2.75) is 0 Å². The second kappa shape index (κ2) is 4.80. The largest absolute Gasteiger partial charge is 0.477 e. The number of nitrogens with zero attached hydrogens (tertiary/aromatic N) is 2. The molecule has 0 atom stereocenters. The predicted octanol–water partition coefficient (Wildman–Crippen LogP) is 2.57. The van der Waals surface area contributed by atoms with E-state index in [-0.39, 0.29) is 11.4 Å². The van der Waals surface area contributed by atoms with Crippen molar-refractivity contribution in [1.82, 2.24) is 9.97 Å². The number of hydrogen-bond acceptors (Lipinski definition) is 4. The summed E-state index contributed by atoms with van der Waals surface area (Å²) >= 11 is 5.75. The molecule has 0 saturated heterocycles. The lowest BCUT2D eigenvalue weighted by molar-refractivity contribution is 0.0697. The Kier molecular flexibility index (Phi) is 3.20. The van der Waals surface area contributed by atoms with Crippen LogP contribution in [0.25, 0.3) is 0 Å². The Morgan fingerprint density at radius 3 is 2.65 bits per heavy atom. The smallest absolute Gasteiger partial charge is 0.341 e. The lowest BCUT2D eigenvalue weighted by atomic mass is 10.3. The van der Waals surface area contributed by atoms with E-state index in [1.54, 1.807) is 24.3 Å². The molecule has 6 heteroatoms. The molecule has 0 unspecified atom stereocenters. The maximum atomic E-state index is 10.9. The van der Waals surface area contributed by atoms with Crippen molar-refractivity contribution in [1.29, 1.82) is 0 Å². The first-order valence-corrected chi connectivity index (χ1v) is 5.10. The second-order valence-electron chi connectivity index (χ2n) is 3.22. The Bertz CT molecular complexity index is 543. The molecule has 0 spiro atoms. The highest BCUT2D eigenvalue weighted by atomic mass is 35.5. The third-order valence-electron chi connectivity index (χ3n) is 2.05. The van der Waals surface area contributed by atoms with Crippen molar-refractivity contribution in [3.05, 3.63) is 47.4 Å². The Balaban J connectivity index is 2.30. The van der Waals surface area contributed by atoms with E-state index in [0.29, 0.717) is 10.7 Å². The summed E-state index contributed by atoms with van der Waals surface area (Å²) in [6, 6.07) is 6.86. The van der Waals surface area contributed by atoms with Gasteiger partial charge in [0.05, 0.1) is 0 Å². The summed E-state index contributed by atoms with van der Waals surface area (Å²) in [6.07, 6.45) is 2.53. The Morgan fingerprint density at radius 2 is 2.00 bits per heavy atom. The molecule has 0 aliphatic carbocycles. The molecule has 0 aliphatic heterocycles. The molecule has 0 radical (unpaired) electrons. The Labute approximate surface area is 102 Å². The van der Waals surface area contributed by atoms with Gasteiger partial charge in [-0.15, -0.1) is 0 Å². The second-order valence-corrected chi connectivity index (χ2v) is 3.66. The number of rotatable bonds is 3. The lowest BCUT2D eigenvalue weighted by Crippen LogP contribution is -2.05. The number of aromatic nitrogens is 2. The van der Waals surface area contributed by atoms with Crippen LogP contribution in [-0.4, -0.2) is 21.0 Å². The number of carboxylic acids is 1. The minimum Gasteiger partial charge on any atom is -0.477 e. The van der Waals surface area contributed by atoms with Crippen molar-refractivity contribution in [2.75, 3.05) is 5.32 Å². The molecule has 0 aliphatic rings.